The molecule has 0 fully saturated rings. The Morgan fingerprint density at radius 3 is 2.55 bits per heavy atom. The van der Waals surface area contributed by atoms with Crippen molar-refractivity contribution in [3.63, 3.8) is 0 Å². The van der Waals surface area contributed by atoms with Gasteiger partial charge in [-0.2, -0.15) is 5.26 Å². The van der Waals surface area contributed by atoms with E-state index in [1.165, 1.54) is 0 Å². The first-order valence-electron chi connectivity index (χ1n) is 6.35. The van der Waals surface area contributed by atoms with E-state index in [4.69, 9.17) is 14.7 Å². The van der Waals surface area contributed by atoms with Crippen LogP contribution in [0.4, 0.5) is 0 Å². The van der Waals surface area contributed by atoms with Gasteiger partial charge in [0.15, 0.2) is 23.7 Å². The monoisotopic (exact) mass is 267 g/mol. The van der Waals surface area contributed by atoms with Crippen molar-refractivity contribution in [1.82, 2.24) is 0 Å². The van der Waals surface area contributed by atoms with E-state index in [0.717, 1.165) is 5.56 Å². The Balaban J connectivity index is 1.98. The minimum Gasteiger partial charge on any atom is -0.480 e. The third-order valence-corrected chi connectivity index (χ3v) is 3.25. The molecule has 4 nitrogen and oxygen atoms in total. The van der Waals surface area contributed by atoms with Crippen LogP contribution in [0.15, 0.2) is 48.5 Å². The molecule has 3 rings (SSSR count). The SMILES string of the molecule is N#Cc1ccc2c(c1)OC(c1ccccc1)C(CO)O2. The van der Waals surface area contributed by atoms with Crippen molar-refractivity contribution in [1.29, 1.82) is 5.26 Å². The summed E-state index contributed by atoms with van der Waals surface area (Å²) >= 11 is 0. The molecule has 0 aliphatic carbocycles. The van der Waals surface area contributed by atoms with Crippen LogP contribution in [0.3, 0.4) is 0 Å². The summed E-state index contributed by atoms with van der Waals surface area (Å²) < 4.78 is 11.7. The van der Waals surface area contributed by atoms with Gasteiger partial charge in [0.25, 0.3) is 0 Å². The molecule has 2 unspecified atom stereocenters. The van der Waals surface area contributed by atoms with E-state index in [2.05, 4.69) is 6.07 Å². The van der Waals surface area contributed by atoms with Crippen LogP contribution in [0.1, 0.15) is 17.2 Å². The van der Waals surface area contributed by atoms with Crippen LogP contribution < -0.4 is 9.47 Å². The van der Waals surface area contributed by atoms with E-state index in [1.54, 1.807) is 18.2 Å². The number of rotatable bonds is 2. The van der Waals surface area contributed by atoms with Gasteiger partial charge in [0, 0.05) is 6.07 Å². The maximum absolute atomic E-state index is 9.49. The highest BCUT2D eigenvalue weighted by Gasteiger charge is 2.32. The summed E-state index contributed by atoms with van der Waals surface area (Å²) in [6.07, 6.45) is -0.847. The molecule has 0 amide bonds. The van der Waals surface area contributed by atoms with Gasteiger partial charge >= 0.3 is 0 Å². The lowest BCUT2D eigenvalue weighted by Crippen LogP contribution is -2.36. The molecule has 2 aromatic carbocycles. The predicted octanol–water partition coefficient (Wildman–Crippen LogP) is 2.43. The van der Waals surface area contributed by atoms with E-state index >= 15 is 0 Å². The third-order valence-electron chi connectivity index (χ3n) is 3.25. The van der Waals surface area contributed by atoms with Gasteiger partial charge in [-0.15, -0.1) is 0 Å². The van der Waals surface area contributed by atoms with Crippen molar-refractivity contribution < 1.29 is 14.6 Å². The minimum atomic E-state index is -0.460. The first-order chi connectivity index (χ1) is 9.81. The second kappa shape index (κ2) is 5.24. The quantitative estimate of drug-likeness (QED) is 0.907. The lowest BCUT2D eigenvalue weighted by molar-refractivity contribution is -0.0123. The Kier molecular flexibility index (Phi) is 3.28. The number of aliphatic hydroxyl groups is 1. The fourth-order valence-electron chi connectivity index (χ4n) is 2.26. The molecule has 0 bridgehead atoms. The van der Waals surface area contributed by atoms with E-state index in [9.17, 15) is 5.11 Å². The Morgan fingerprint density at radius 2 is 1.85 bits per heavy atom. The molecule has 4 heteroatoms. The summed E-state index contributed by atoms with van der Waals surface area (Å²) in [4.78, 5) is 0. The first kappa shape index (κ1) is 12.5. The highest BCUT2D eigenvalue weighted by atomic mass is 16.6. The molecular formula is C16H13NO3. The highest BCUT2D eigenvalue weighted by Crippen LogP contribution is 2.39. The fourth-order valence-corrected chi connectivity index (χ4v) is 2.26. The molecule has 2 aromatic rings. The van der Waals surface area contributed by atoms with E-state index in [-0.39, 0.29) is 12.7 Å². The highest BCUT2D eigenvalue weighted by molar-refractivity contribution is 5.48. The molecule has 1 aliphatic heterocycles. The van der Waals surface area contributed by atoms with Gasteiger partial charge in [-0.1, -0.05) is 30.3 Å². The largest absolute Gasteiger partial charge is 0.480 e. The second-order valence-electron chi connectivity index (χ2n) is 4.56. The van der Waals surface area contributed by atoms with E-state index < -0.39 is 6.10 Å². The molecule has 0 saturated heterocycles. The molecule has 1 N–H and O–H groups in total. The standard InChI is InChI=1S/C16H13NO3/c17-9-11-6-7-13-14(8-11)20-16(15(10-18)19-13)12-4-2-1-3-5-12/h1-8,15-16,18H,10H2. The molecule has 1 aliphatic rings. The zero-order valence-electron chi connectivity index (χ0n) is 10.7. The Hall–Kier alpha value is -2.51. The van der Waals surface area contributed by atoms with Crippen LogP contribution in [-0.4, -0.2) is 17.8 Å². The number of ether oxygens (including phenoxy) is 2. The maximum Gasteiger partial charge on any atom is 0.163 e. The molecule has 0 aromatic heterocycles. The fraction of sp³-hybridized carbons (Fsp3) is 0.188. The first-order valence-corrected chi connectivity index (χ1v) is 6.35. The number of nitrogens with zero attached hydrogens (tertiary/aromatic N) is 1. The number of benzene rings is 2. The van der Waals surface area contributed by atoms with Crippen LogP contribution in [0.25, 0.3) is 0 Å². The summed E-state index contributed by atoms with van der Waals surface area (Å²) in [7, 11) is 0. The van der Waals surface area contributed by atoms with Gasteiger partial charge in [0.05, 0.1) is 18.2 Å². The summed E-state index contributed by atoms with van der Waals surface area (Å²) in [5.41, 5.74) is 1.45. The second-order valence-corrected chi connectivity index (χ2v) is 4.56. The zero-order valence-corrected chi connectivity index (χ0v) is 10.7. The zero-order chi connectivity index (χ0) is 13.9. The van der Waals surface area contributed by atoms with Crippen molar-refractivity contribution >= 4 is 0 Å². The van der Waals surface area contributed by atoms with Crippen LogP contribution in [-0.2, 0) is 0 Å². The normalized spacial score (nSPS) is 20.2. The van der Waals surface area contributed by atoms with Crippen molar-refractivity contribution in [2.45, 2.75) is 12.2 Å². The molecule has 1 heterocycles. The number of hydrogen-bond donors (Lipinski definition) is 1. The molecule has 0 radical (unpaired) electrons. The Morgan fingerprint density at radius 1 is 1.05 bits per heavy atom. The van der Waals surface area contributed by atoms with Crippen molar-refractivity contribution in [2.75, 3.05) is 6.61 Å². The van der Waals surface area contributed by atoms with E-state index in [0.29, 0.717) is 17.1 Å². The van der Waals surface area contributed by atoms with Crippen LogP contribution in [0.5, 0.6) is 11.5 Å². The number of aliphatic hydroxyl groups excluding tert-OH is 1. The number of nitriles is 1. The summed E-state index contributed by atoms with van der Waals surface area (Å²) in [5, 5.41) is 18.4. The van der Waals surface area contributed by atoms with Gasteiger partial charge < -0.3 is 14.6 Å². The van der Waals surface area contributed by atoms with E-state index in [1.807, 2.05) is 30.3 Å². The number of fused-ring (bicyclic) bond motifs is 1. The molecule has 2 atom stereocenters. The minimum absolute atomic E-state index is 0.140. The molecule has 0 saturated carbocycles. The predicted molar refractivity (Wildman–Crippen MR) is 72.5 cm³/mol. The molecule has 20 heavy (non-hydrogen) atoms. The van der Waals surface area contributed by atoms with Gasteiger partial charge in [-0.25, -0.2) is 0 Å². The Labute approximate surface area is 116 Å². The van der Waals surface area contributed by atoms with Gasteiger partial charge in [-0.05, 0) is 17.7 Å². The van der Waals surface area contributed by atoms with Gasteiger partial charge in [0.2, 0.25) is 0 Å². The maximum atomic E-state index is 9.49. The average Bonchev–Trinajstić information content (AvgIpc) is 2.53. The Bertz CT molecular complexity index is 649. The summed E-state index contributed by atoms with van der Waals surface area (Å²) in [6, 6.07) is 16.7. The van der Waals surface area contributed by atoms with Gasteiger partial charge in [0.1, 0.15) is 0 Å². The van der Waals surface area contributed by atoms with Gasteiger partial charge in [-0.3, -0.25) is 0 Å². The smallest absolute Gasteiger partial charge is 0.163 e. The number of hydrogen-bond acceptors (Lipinski definition) is 4. The molecular weight excluding hydrogens is 254 g/mol. The lowest BCUT2D eigenvalue weighted by atomic mass is 10.0. The average molecular weight is 267 g/mol. The lowest BCUT2D eigenvalue weighted by Gasteiger charge is -2.33. The van der Waals surface area contributed by atoms with Crippen molar-refractivity contribution in [3.05, 3.63) is 59.7 Å². The third kappa shape index (κ3) is 2.20. The molecule has 100 valence electrons. The van der Waals surface area contributed by atoms with Crippen LogP contribution >= 0.6 is 0 Å². The molecule has 0 spiro atoms. The topological polar surface area (TPSA) is 62.5 Å². The van der Waals surface area contributed by atoms with Crippen LogP contribution in [0.2, 0.25) is 0 Å². The summed E-state index contributed by atoms with van der Waals surface area (Å²) in [6.45, 7) is -0.140. The van der Waals surface area contributed by atoms with Crippen LogP contribution in [0, 0.1) is 11.3 Å². The summed E-state index contributed by atoms with van der Waals surface area (Å²) in [5.74, 6) is 1.08. The van der Waals surface area contributed by atoms with Crippen molar-refractivity contribution in [2.24, 2.45) is 0 Å². The van der Waals surface area contributed by atoms with Crippen molar-refractivity contribution in [3.8, 4) is 17.6 Å².